The van der Waals surface area contributed by atoms with Crippen LogP contribution in [-0.2, 0) is 11.2 Å². The molecule has 1 N–H and O–H groups in total. The van der Waals surface area contributed by atoms with E-state index in [0.29, 0.717) is 23.2 Å². The van der Waals surface area contributed by atoms with Gasteiger partial charge in [0, 0.05) is 17.5 Å². The first-order valence-electron chi connectivity index (χ1n) is 8.19. The predicted octanol–water partition coefficient (Wildman–Crippen LogP) is 3.11. The first-order valence-corrected chi connectivity index (χ1v) is 9.07. The Kier molecular flexibility index (Phi) is 5.26. The zero-order valence-corrected chi connectivity index (χ0v) is 14.4. The molecule has 4 nitrogen and oxygen atoms in total. The molecular weight excluding hydrogens is 327 g/mol. The minimum absolute atomic E-state index is 0.00147. The van der Waals surface area contributed by atoms with Crippen molar-refractivity contribution in [1.29, 1.82) is 0 Å². The molecule has 0 spiro atoms. The third-order valence-electron chi connectivity index (χ3n) is 4.58. The minimum Gasteiger partial charge on any atom is -0.394 e. The molecule has 6 heteroatoms. The van der Waals surface area contributed by atoms with Crippen molar-refractivity contribution in [2.45, 2.75) is 32.2 Å². The molecule has 0 aliphatic carbocycles. The Labute approximate surface area is 145 Å². The first kappa shape index (κ1) is 17.0. The van der Waals surface area contributed by atoms with Crippen molar-refractivity contribution >= 4 is 17.2 Å². The number of aliphatic hydroxyl groups excluding tert-OH is 1. The predicted molar refractivity (Wildman–Crippen MR) is 92.2 cm³/mol. The van der Waals surface area contributed by atoms with Crippen LogP contribution in [0.25, 0.3) is 10.6 Å². The van der Waals surface area contributed by atoms with Crippen LogP contribution in [-0.4, -0.2) is 40.1 Å². The molecule has 0 radical (unpaired) electrons. The van der Waals surface area contributed by atoms with Gasteiger partial charge in [-0.3, -0.25) is 4.79 Å². The molecule has 1 aromatic carbocycles. The highest BCUT2D eigenvalue weighted by Gasteiger charge is 2.31. The average molecular weight is 348 g/mol. The molecule has 2 aromatic rings. The van der Waals surface area contributed by atoms with Crippen molar-refractivity contribution in [3.63, 3.8) is 0 Å². The zero-order chi connectivity index (χ0) is 17.1. The van der Waals surface area contributed by atoms with Crippen LogP contribution in [0.15, 0.2) is 29.6 Å². The van der Waals surface area contributed by atoms with E-state index in [-0.39, 0.29) is 30.8 Å². The third kappa shape index (κ3) is 3.65. The smallest absolute Gasteiger partial charge is 0.228 e. The lowest BCUT2D eigenvalue weighted by Gasteiger charge is -2.39. The van der Waals surface area contributed by atoms with Crippen LogP contribution in [0.1, 0.15) is 25.5 Å². The van der Waals surface area contributed by atoms with E-state index in [1.54, 1.807) is 11.0 Å². The van der Waals surface area contributed by atoms with Gasteiger partial charge in [0.2, 0.25) is 5.91 Å². The Morgan fingerprint density at radius 1 is 1.50 bits per heavy atom. The van der Waals surface area contributed by atoms with Gasteiger partial charge in [-0.2, -0.15) is 0 Å². The van der Waals surface area contributed by atoms with E-state index in [4.69, 9.17) is 0 Å². The molecular formula is C18H21FN2O2S. The van der Waals surface area contributed by atoms with Crippen molar-refractivity contribution in [2.24, 2.45) is 5.92 Å². The molecule has 2 atom stereocenters. The molecule has 0 bridgehead atoms. The highest BCUT2D eigenvalue weighted by molar-refractivity contribution is 7.13. The van der Waals surface area contributed by atoms with Gasteiger partial charge < -0.3 is 10.0 Å². The number of likely N-dealkylation sites (tertiary alicyclic amines) is 1. The number of aromatic nitrogens is 1. The second kappa shape index (κ2) is 7.40. The van der Waals surface area contributed by atoms with Crippen LogP contribution >= 0.6 is 11.3 Å². The first-order chi connectivity index (χ1) is 11.6. The van der Waals surface area contributed by atoms with Crippen molar-refractivity contribution in [3.8, 4) is 10.6 Å². The summed E-state index contributed by atoms with van der Waals surface area (Å²) in [6, 6.07) is 6.19. The number of halogens is 1. The summed E-state index contributed by atoms with van der Waals surface area (Å²) in [4.78, 5) is 18.9. The van der Waals surface area contributed by atoms with E-state index in [2.05, 4.69) is 11.9 Å². The van der Waals surface area contributed by atoms with Crippen LogP contribution in [0.3, 0.4) is 0 Å². The molecule has 1 saturated heterocycles. The molecule has 3 rings (SSSR count). The minimum atomic E-state index is -0.298. The maximum absolute atomic E-state index is 13.3. The van der Waals surface area contributed by atoms with E-state index in [1.165, 1.54) is 23.5 Å². The number of piperidine rings is 1. The molecule has 1 fully saturated rings. The molecule has 0 saturated carbocycles. The Hall–Kier alpha value is -1.79. The summed E-state index contributed by atoms with van der Waals surface area (Å²) in [5.74, 6) is 0.0103. The maximum Gasteiger partial charge on any atom is 0.228 e. The quantitative estimate of drug-likeness (QED) is 0.924. The maximum atomic E-state index is 13.3. The number of hydrogen-bond acceptors (Lipinski definition) is 4. The van der Waals surface area contributed by atoms with Crippen LogP contribution < -0.4 is 0 Å². The van der Waals surface area contributed by atoms with Gasteiger partial charge in [-0.05, 0) is 30.9 Å². The highest BCUT2D eigenvalue weighted by atomic mass is 32.1. The average Bonchev–Trinajstić information content (AvgIpc) is 3.03. The monoisotopic (exact) mass is 348 g/mol. The Morgan fingerprint density at radius 2 is 2.33 bits per heavy atom. The number of benzene rings is 1. The van der Waals surface area contributed by atoms with Crippen LogP contribution in [0, 0.1) is 11.7 Å². The van der Waals surface area contributed by atoms with E-state index in [1.807, 2.05) is 11.4 Å². The van der Waals surface area contributed by atoms with Gasteiger partial charge in [0.1, 0.15) is 10.8 Å². The third-order valence-corrected chi connectivity index (χ3v) is 5.52. The molecule has 24 heavy (non-hydrogen) atoms. The standard InChI is InChI=1S/C18H21FN2O2S/c1-12-4-3-7-21(16(12)10-22)17(23)9-15-11-24-18(20-15)13-5-2-6-14(19)8-13/h2,5-6,8,11-12,16,22H,3-4,7,9-10H2,1H3. The van der Waals surface area contributed by atoms with E-state index < -0.39 is 0 Å². The summed E-state index contributed by atoms with van der Waals surface area (Å²) in [6.45, 7) is 2.76. The summed E-state index contributed by atoms with van der Waals surface area (Å²) in [7, 11) is 0. The molecule has 1 aliphatic heterocycles. The van der Waals surface area contributed by atoms with Gasteiger partial charge in [-0.25, -0.2) is 9.37 Å². The van der Waals surface area contributed by atoms with Gasteiger partial charge in [0.25, 0.3) is 0 Å². The molecule has 1 aliphatic rings. The summed E-state index contributed by atoms with van der Waals surface area (Å²) < 4.78 is 13.3. The second-order valence-electron chi connectivity index (χ2n) is 6.29. The fourth-order valence-corrected chi connectivity index (χ4v) is 4.05. The number of amides is 1. The molecule has 1 amide bonds. The largest absolute Gasteiger partial charge is 0.394 e. The number of rotatable bonds is 4. The van der Waals surface area contributed by atoms with E-state index in [9.17, 15) is 14.3 Å². The van der Waals surface area contributed by atoms with Gasteiger partial charge in [-0.1, -0.05) is 19.1 Å². The molecule has 2 unspecified atom stereocenters. The number of thiazole rings is 1. The fourth-order valence-electron chi connectivity index (χ4n) is 3.24. The van der Waals surface area contributed by atoms with Gasteiger partial charge in [-0.15, -0.1) is 11.3 Å². The zero-order valence-electron chi connectivity index (χ0n) is 13.6. The Bertz CT molecular complexity index is 719. The molecule has 128 valence electrons. The van der Waals surface area contributed by atoms with E-state index in [0.717, 1.165) is 18.4 Å². The van der Waals surface area contributed by atoms with Crippen molar-refractivity contribution in [3.05, 3.63) is 41.2 Å². The summed E-state index contributed by atoms with van der Waals surface area (Å²) >= 11 is 1.41. The lowest BCUT2D eigenvalue weighted by molar-refractivity contribution is -0.136. The Morgan fingerprint density at radius 3 is 3.08 bits per heavy atom. The van der Waals surface area contributed by atoms with Crippen LogP contribution in [0.5, 0.6) is 0 Å². The van der Waals surface area contributed by atoms with Crippen molar-refractivity contribution in [1.82, 2.24) is 9.88 Å². The number of carbonyl (C=O) groups excluding carboxylic acids is 1. The van der Waals surface area contributed by atoms with Crippen LogP contribution in [0.4, 0.5) is 4.39 Å². The van der Waals surface area contributed by atoms with Crippen molar-refractivity contribution < 1.29 is 14.3 Å². The van der Waals surface area contributed by atoms with Gasteiger partial charge in [0.15, 0.2) is 0 Å². The highest BCUT2D eigenvalue weighted by Crippen LogP contribution is 2.26. The summed E-state index contributed by atoms with van der Waals surface area (Å²) in [5.41, 5.74) is 1.41. The SMILES string of the molecule is CC1CCCN(C(=O)Cc2csc(-c3cccc(F)c3)n2)C1CO. The number of aliphatic hydroxyl groups is 1. The normalized spacial score (nSPS) is 21.0. The van der Waals surface area contributed by atoms with E-state index >= 15 is 0 Å². The van der Waals surface area contributed by atoms with Crippen molar-refractivity contribution in [2.75, 3.05) is 13.2 Å². The lowest BCUT2D eigenvalue weighted by Crippen LogP contribution is -2.50. The fraction of sp³-hybridized carbons (Fsp3) is 0.444. The summed E-state index contributed by atoms with van der Waals surface area (Å²) in [5, 5.41) is 12.1. The number of nitrogens with zero attached hydrogens (tertiary/aromatic N) is 2. The topological polar surface area (TPSA) is 53.4 Å². The molecule has 2 heterocycles. The number of hydrogen-bond donors (Lipinski definition) is 1. The van der Waals surface area contributed by atoms with Crippen LogP contribution in [0.2, 0.25) is 0 Å². The molecule has 1 aromatic heterocycles. The second-order valence-corrected chi connectivity index (χ2v) is 7.15. The van der Waals surface area contributed by atoms with Gasteiger partial charge in [0.05, 0.1) is 24.8 Å². The lowest BCUT2D eigenvalue weighted by atomic mass is 9.91. The van der Waals surface area contributed by atoms with Gasteiger partial charge >= 0.3 is 0 Å². The number of carbonyl (C=O) groups is 1. The Balaban J connectivity index is 1.71. The summed E-state index contributed by atoms with van der Waals surface area (Å²) in [6.07, 6.45) is 2.22.